The van der Waals surface area contributed by atoms with E-state index in [-0.39, 0.29) is 12.4 Å². The summed E-state index contributed by atoms with van der Waals surface area (Å²) < 4.78 is 5.08. The molecule has 1 heterocycles. The molecule has 0 bridgehead atoms. The number of hydrogen-bond acceptors (Lipinski definition) is 6. The quantitative estimate of drug-likeness (QED) is 0.582. The average molecular weight is 291 g/mol. The smallest absolute Gasteiger partial charge is 0.335 e. The van der Waals surface area contributed by atoms with Crippen LogP contribution >= 0.6 is 0 Å². The zero-order valence-corrected chi connectivity index (χ0v) is 12.6. The van der Waals surface area contributed by atoms with Crippen LogP contribution in [0, 0.1) is 5.41 Å². The first kappa shape index (κ1) is 15.6. The summed E-state index contributed by atoms with van der Waals surface area (Å²) in [6.07, 6.45) is 1.66. The standard InChI is InChI=1S/C15H21N3O3/c1-4-21-13(20)15(12(19)14(15,3)10(2)16)18-9-11-7-5-6-8-17-11/h5-8,10,18H,4,9,16H2,1-3H3. The van der Waals surface area contributed by atoms with Gasteiger partial charge in [0.25, 0.3) is 0 Å². The molecule has 3 N–H and O–H groups in total. The number of Topliss-reactive ketones (excluding diaryl/α,β-unsaturated/α-hetero) is 1. The molecule has 6 heteroatoms. The van der Waals surface area contributed by atoms with E-state index in [9.17, 15) is 9.59 Å². The third-order valence-corrected chi connectivity index (χ3v) is 4.28. The van der Waals surface area contributed by atoms with E-state index in [2.05, 4.69) is 10.3 Å². The van der Waals surface area contributed by atoms with Gasteiger partial charge in [-0.3, -0.25) is 15.1 Å². The fourth-order valence-corrected chi connectivity index (χ4v) is 2.67. The largest absolute Gasteiger partial charge is 0.464 e. The van der Waals surface area contributed by atoms with Crippen LogP contribution in [-0.4, -0.2) is 34.9 Å². The number of esters is 1. The normalized spacial score (nSPS) is 29.0. The van der Waals surface area contributed by atoms with E-state index >= 15 is 0 Å². The van der Waals surface area contributed by atoms with Crippen molar-refractivity contribution in [1.29, 1.82) is 0 Å². The van der Waals surface area contributed by atoms with Crippen LogP contribution in [0.15, 0.2) is 24.4 Å². The lowest BCUT2D eigenvalue weighted by Gasteiger charge is -2.22. The minimum absolute atomic E-state index is 0.216. The maximum Gasteiger partial charge on any atom is 0.335 e. The van der Waals surface area contributed by atoms with Crippen LogP contribution in [0.1, 0.15) is 26.5 Å². The number of rotatable bonds is 6. The summed E-state index contributed by atoms with van der Waals surface area (Å²) >= 11 is 0. The molecule has 0 amide bonds. The second-order valence-corrected chi connectivity index (χ2v) is 5.47. The molecule has 0 saturated heterocycles. The van der Waals surface area contributed by atoms with Gasteiger partial charge < -0.3 is 10.5 Å². The Kier molecular flexibility index (Phi) is 4.11. The Morgan fingerprint density at radius 1 is 1.52 bits per heavy atom. The number of nitrogens with zero attached hydrogens (tertiary/aromatic N) is 1. The summed E-state index contributed by atoms with van der Waals surface area (Å²) in [6.45, 7) is 5.64. The second-order valence-electron chi connectivity index (χ2n) is 5.47. The number of aromatic nitrogens is 1. The maximum absolute atomic E-state index is 12.4. The van der Waals surface area contributed by atoms with Crippen molar-refractivity contribution in [3.8, 4) is 0 Å². The highest BCUT2D eigenvalue weighted by atomic mass is 16.5. The molecule has 0 spiro atoms. The lowest BCUT2D eigenvalue weighted by Crippen LogP contribution is -2.49. The summed E-state index contributed by atoms with van der Waals surface area (Å²) in [5, 5.41) is 3.03. The highest BCUT2D eigenvalue weighted by molar-refractivity contribution is 6.28. The number of ether oxygens (including phenoxy) is 1. The Balaban J connectivity index is 2.23. The summed E-state index contributed by atoms with van der Waals surface area (Å²) in [6, 6.07) is 5.02. The molecule has 0 radical (unpaired) electrons. The minimum atomic E-state index is -1.37. The molecule has 0 aromatic carbocycles. The van der Waals surface area contributed by atoms with Crippen LogP contribution in [-0.2, 0) is 20.9 Å². The van der Waals surface area contributed by atoms with E-state index in [1.807, 2.05) is 12.1 Å². The van der Waals surface area contributed by atoms with Gasteiger partial charge in [0, 0.05) is 18.8 Å². The molecule has 0 aliphatic heterocycles. The molecule has 6 nitrogen and oxygen atoms in total. The van der Waals surface area contributed by atoms with Gasteiger partial charge in [-0.15, -0.1) is 0 Å². The average Bonchev–Trinajstić information content (AvgIpc) is 2.97. The Hall–Kier alpha value is -1.79. The first-order valence-electron chi connectivity index (χ1n) is 7.04. The third-order valence-electron chi connectivity index (χ3n) is 4.28. The van der Waals surface area contributed by atoms with Crippen molar-refractivity contribution in [3.05, 3.63) is 30.1 Å². The Morgan fingerprint density at radius 2 is 2.24 bits per heavy atom. The van der Waals surface area contributed by atoms with Crippen molar-refractivity contribution < 1.29 is 14.3 Å². The zero-order valence-electron chi connectivity index (χ0n) is 12.6. The van der Waals surface area contributed by atoms with Crippen LogP contribution in [0.3, 0.4) is 0 Å². The predicted molar refractivity (Wildman–Crippen MR) is 77.2 cm³/mol. The van der Waals surface area contributed by atoms with E-state index in [1.54, 1.807) is 33.0 Å². The Morgan fingerprint density at radius 3 is 2.71 bits per heavy atom. The highest BCUT2D eigenvalue weighted by Crippen LogP contribution is 2.54. The topological polar surface area (TPSA) is 94.3 Å². The maximum atomic E-state index is 12.4. The van der Waals surface area contributed by atoms with Gasteiger partial charge in [-0.05, 0) is 32.9 Å². The number of pyridine rings is 1. The Bertz CT molecular complexity index is 546. The fourth-order valence-electron chi connectivity index (χ4n) is 2.67. The predicted octanol–water partition coefficient (Wildman–Crippen LogP) is 0.409. The van der Waals surface area contributed by atoms with Gasteiger partial charge in [0.2, 0.25) is 0 Å². The van der Waals surface area contributed by atoms with Crippen LogP contribution in [0.4, 0.5) is 0 Å². The summed E-state index contributed by atoms with van der Waals surface area (Å²) in [4.78, 5) is 28.8. The molecule has 1 aromatic heterocycles. The van der Waals surface area contributed by atoms with Gasteiger partial charge in [-0.25, -0.2) is 4.79 Å². The second kappa shape index (κ2) is 5.54. The van der Waals surface area contributed by atoms with Gasteiger partial charge in [0.15, 0.2) is 11.3 Å². The van der Waals surface area contributed by atoms with Gasteiger partial charge in [-0.2, -0.15) is 0 Å². The van der Waals surface area contributed by atoms with Gasteiger partial charge in [0.1, 0.15) is 0 Å². The van der Waals surface area contributed by atoms with Gasteiger partial charge in [-0.1, -0.05) is 6.07 Å². The van der Waals surface area contributed by atoms with Crippen molar-refractivity contribution in [2.24, 2.45) is 11.1 Å². The molecular weight excluding hydrogens is 270 g/mol. The van der Waals surface area contributed by atoms with Crippen LogP contribution in [0.5, 0.6) is 0 Å². The number of ketones is 1. The molecule has 21 heavy (non-hydrogen) atoms. The highest BCUT2D eigenvalue weighted by Gasteiger charge is 2.81. The lowest BCUT2D eigenvalue weighted by molar-refractivity contribution is -0.148. The van der Waals surface area contributed by atoms with Crippen molar-refractivity contribution in [1.82, 2.24) is 10.3 Å². The molecule has 3 unspecified atom stereocenters. The zero-order chi connectivity index (χ0) is 15.7. The van der Waals surface area contributed by atoms with E-state index < -0.39 is 23.0 Å². The Labute approximate surface area is 124 Å². The van der Waals surface area contributed by atoms with Crippen molar-refractivity contribution in [2.45, 2.75) is 38.9 Å². The first-order chi connectivity index (χ1) is 9.91. The fraction of sp³-hybridized carbons (Fsp3) is 0.533. The van der Waals surface area contributed by atoms with Crippen molar-refractivity contribution in [2.75, 3.05) is 6.61 Å². The molecular formula is C15H21N3O3. The molecule has 1 aliphatic rings. The number of carbonyl (C=O) groups excluding carboxylic acids is 2. The summed E-state index contributed by atoms with van der Waals surface area (Å²) in [5.41, 5.74) is 4.34. The molecule has 1 fully saturated rings. The van der Waals surface area contributed by atoms with Gasteiger partial charge in [0.05, 0.1) is 17.7 Å². The number of hydrogen-bond donors (Lipinski definition) is 2. The van der Waals surface area contributed by atoms with E-state index in [0.717, 1.165) is 5.69 Å². The summed E-state index contributed by atoms with van der Waals surface area (Å²) in [5.74, 6) is -0.787. The van der Waals surface area contributed by atoms with Crippen LogP contribution in [0.2, 0.25) is 0 Å². The molecule has 3 atom stereocenters. The number of nitrogens with two attached hydrogens (primary N) is 1. The van der Waals surface area contributed by atoms with Crippen LogP contribution < -0.4 is 11.1 Å². The monoisotopic (exact) mass is 291 g/mol. The molecule has 1 saturated carbocycles. The van der Waals surface area contributed by atoms with Crippen molar-refractivity contribution in [3.63, 3.8) is 0 Å². The number of carbonyl (C=O) groups is 2. The molecule has 114 valence electrons. The van der Waals surface area contributed by atoms with E-state index in [0.29, 0.717) is 6.54 Å². The lowest BCUT2D eigenvalue weighted by atomic mass is 9.94. The minimum Gasteiger partial charge on any atom is -0.464 e. The van der Waals surface area contributed by atoms with E-state index in [4.69, 9.17) is 10.5 Å². The SMILES string of the molecule is CCOC(=O)C1(NCc2ccccn2)C(=O)C1(C)C(C)N. The summed E-state index contributed by atoms with van der Waals surface area (Å²) in [7, 11) is 0. The first-order valence-corrected chi connectivity index (χ1v) is 7.04. The number of nitrogens with one attached hydrogen (secondary N) is 1. The molecule has 2 rings (SSSR count). The third kappa shape index (κ3) is 2.24. The molecule has 1 aliphatic carbocycles. The van der Waals surface area contributed by atoms with Gasteiger partial charge >= 0.3 is 5.97 Å². The molecule has 1 aromatic rings. The van der Waals surface area contributed by atoms with Crippen LogP contribution in [0.25, 0.3) is 0 Å². The van der Waals surface area contributed by atoms with Crippen molar-refractivity contribution >= 4 is 11.8 Å². The van der Waals surface area contributed by atoms with E-state index in [1.165, 1.54) is 0 Å².